The molecule has 2 heterocycles. The lowest BCUT2D eigenvalue weighted by Crippen LogP contribution is -2.49. The maximum Gasteiger partial charge on any atom is 0.148 e. The van der Waals surface area contributed by atoms with Crippen molar-refractivity contribution < 1.29 is 9.52 Å². The van der Waals surface area contributed by atoms with Crippen LogP contribution in [0.5, 0.6) is 0 Å². The third-order valence-electron chi connectivity index (χ3n) is 4.61. The summed E-state index contributed by atoms with van der Waals surface area (Å²) in [5.41, 5.74) is -0.0864. The number of rotatable bonds is 3. The maximum absolute atomic E-state index is 10.8. The molecule has 4 heteroatoms. The van der Waals surface area contributed by atoms with Crippen molar-refractivity contribution in [2.75, 3.05) is 13.1 Å². The summed E-state index contributed by atoms with van der Waals surface area (Å²) in [4.78, 5) is 2.50. The molecule has 1 saturated heterocycles. The predicted octanol–water partition coefficient (Wildman–Crippen LogP) is 3.48. The monoisotopic (exact) mass is 313 g/mol. The van der Waals surface area contributed by atoms with Crippen LogP contribution in [0.3, 0.4) is 0 Å². The lowest BCUT2D eigenvalue weighted by Gasteiger charge is -2.41. The minimum Gasteiger partial charge on any atom is -0.465 e. The summed E-state index contributed by atoms with van der Waals surface area (Å²) >= 11 is 3.47. The minimum absolute atomic E-state index is 0.0864. The number of hydrogen-bond donors (Lipinski definition) is 1. The van der Waals surface area contributed by atoms with Crippen LogP contribution in [0, 0.1) is 0 Å². The van der Waals surface area contributed by atoms with Gasteiger partial charge in [-0.2, -0.15) is 0 Å². The molecule has 1 N–H and O–H groups in total. The molecular weight excluding hydrogens is 294 g/mol. The molecule has 0 spiro atoms. The van der Waals surface area contributed by atoms with Crippen molar-refractivity contribution in [2.24, 2.45) is 0 Å². The van der Waals surface area contributed by atoms with Crippen LogP contribution in [0.4, 0.5) is 0 Å². The second-order valence-electron chi connectivity index (χ2n) is 5.54. The number of likely N-dealkylation sites (tertiary alicyclic amines) is 1. The predicted molar refractivity (Wildman–Crippen MR) is 73.4 cm³/mol. The normalized spacial score (nSPS) is 25.7. The number of aliphatic hydroxyl groups excluding tert-OH is 1. The van der Waals surface area contributed by atoms with Gasteiger partial charge in [0.15, 0.2) is 0 Å². The van der Waals surface area contributed by atoms with Crippen LogP contribution < -0.4 is 0 Å². The molecule has 1 aromatic rings. The quantitative estimate of drug-likeness (QED) is 0.928. The smallest absolute Gasteiger partial charge is 0.148 e. The Bertz CT molecular complexity index is 406. The average molecular weight is 314 g/mol. The number of aliphatic hydroxyl groups is 1. The molecule has 100 valence electrons. The van der Waals surface area contributed by atoms with Gasteiger partial charge in [-0.1, -0.05) is 12.8 Å². The molecule has 0 radical (unpaired) electrons. The van der Waals surface area contributed by atoms with Crippen LogP contribution in [-0.4, -0.2) is 28.6 Å². The van der Waals surface area contributed by atoms with E-state index in [-0.39, 0.29) is 5.54 Å². The Balaban J connectivity index is 1.91. The first-order chi connectivity index (χ1) is 8.74. The Labute approximate surface area is 116 Å². The lowest BCUT2D eigenvalue weighted by atomic mass is 9.87. The molecule has 1 saturated carbocycles. The molecule has 0 bridgehead atoms. The fourth-order valence-electron chi connectivity index (χ4n) is 3.66. The highest BCUT2D eigenvalue weighted by Crippen LogP contribution is 2.47. The third-order valence-corrected chi connectivity index (χ3v) is 5.26. The Morgan fingerprint density at radius 1 is 1.22 bits per heavy atom. The van der Waals surface area contributed by atoms with E-state index in [1.807, 2.05) is 6.07 Å². The standard InChI is InChI=1S/C14H20BrNO2/c15-11-5-10-18-12(11)13(17)14(6-1-2-7-14)16-8-3-4-9-16/h5,10,13,17H,1-4,6-9H2. The lowest BCUT2D eigenvalue weighted by molar-refractivity contribution is -0.0311. The first-order valence-electron chi connectivity index (χ1n) is 6.90. The number of nitrogens with zero attached hydrogens (tertiary/aromatic N) is 1. The highest BCUT2D eigenvalue weighted by atomic mass is 79.9. The zero-order valence-electron chi connectivity index (χ0n) is 10.6. The van der Waals surface area contributed by atoms with Gasteiger partial charge in [0, 0.05) is 0 Å². The molecule has 1 unspecified atom stereocenters. The van der Waals surface area contributed by atoms with Gasteiger partial charge in [0.25, 0.3) is 0 Å². The minimum atomic E-state index is -0.512. The van der Waals surface area contributed by atoms with Gasteiger partial charge in [0.05, 0.1) is 16.3 Å². The van der Waals surface area contributed by atoms with E-state index in [4.69, 9.17) is 4.42 Å². The average Bonchev–Trinajstić information content (AvgIpc) is 3.10. The molecular formula is C14H20BrNO2. The van der Waals surface area contributed by atoms with Crippen LogP contribution in [-0.2, 0) is 0 Å². The van der Waals surface area contributed by atoms with Crippen LogP contribution in [0.25, 0.3) is 0 Å². The van der Waals surface area contributed by atoms with E-state index >= 15 is 0 Å². The highest BCUT2D eigenvalue weighted by Gasteiger charge is 2.48. The first kappa shape index (κ1) is 12.7. The van der Waals surface area contributed by atoms with E-state index in [2.05, 4.69) is 20.8 Å². The molecule has 2 fully saturated rings. The second kappa shape index (κ2) is 4.99. The van der Waals surface area contributed by atoms with Gasteiger partial charge in [-0.15, -0.1) is 0 Å². The van der Waals surface area contributed by atoms with Crippen molar-refractivity contribution in [3.05, 3.63) is 22.6 Å². The first-order valence-corrected chi connectivity index (χ1v) is 7.69. The zero-order chi connectivity index (χ0) is 12.6. The molecule has 1 aliphatic heterocycles. The highest BCUT2D eigenvalue weighted by molar-refractivity contribution is 9.10. The maximum atomic E-state index is 10.8. The van der Waals surface area contributed by atoms with Crippen LogP contribution in [0.1, 0.15) is 50.4 Å². The van der Waals surface area contributed by atoms with Crippen molar-refractivity contribution >= 4 is 15.9 Å². The van der Waals surface area contributed by atoms with Crippen molar-refractivity contribution in [3.8, 4) is 0 Å². The van der Waals surface area contributed by atoms with E-state index in [0.29, 0.717) is 5.76 Å². The Morgan fingerprint density at radius 2 is 1.89 bits per heavy atom. The summed E-state index contributed by atoms with van der Waals surface area (Å²) in [5.74, 6) is 0.698. The number of halogens is 1. The van der Waals surface area contributed by atoms with E-state index < -0.39 is 6.10 Å². The SMILES string of the molecule is OC(c1occc1Br)C1(N2CCCC2)CCCC1. The summed E-state index contributed by atoms with van der Waals surface area (Å²) in [6.07, 6.45) is 8.25. The molecule has 1 aliphatic carbocycles. The fraction of sp³-hybridized carbons (Fsp3) is 0.714. The third kappa shape index (κ3) is 1.95. The largest absolute Gasteiger partial charge is 0.465 e. The fourth-order valence-corrected chi connectivity index (χ4v) is 4.08. The Morgan fingerprint density at radius 3 is 2.44 bits per heavy atom. The molecule has 3 rings (SSSR count). The van der Waals surface area contributed by atoms with Crippen LogP contribution >= 0.6 is 15.9 Å². The summed E-state index contributed by atoms with van der Waals surface area (Å²) in [6.45, 7) is 2.24. The van der Waals surface area contributed by atoms with Gasteiger partial charge in [0.1, 0.15) is 11.9 Å². The van der Waals surface area contributed by atoms with Crippen LogP contribution in [0.2, 0.25) is 0 Å². The molecule has 18 heavy (non-hydrogen) atoms. The molecule has 1 atom stereocenters. The van der Waals surface area contributed by atoms with E-state index in [1.165, 1.54) is 25.7 Å². The summed E-state index contributed by atoms with van der Waals surface area (Å²) in [7, 11) is 0. The van der Waals surface area contributed by atoms with Gasteiger partial charge in [0.2, 0.25) is 0 Å². The van der Waals surface area contributed by atoms with Gasteiger partial charge in [-0.3, -0.25) is 4.90 Å². The van der Waals surface area contributed by atoms with E-state index in [0.717, 1.165) is 30.4 Å². The van der Waals surface area contributed by atoms with Crippen LogP contribution in [0.15, 0.2) is 21.2 Å². The Hall–Kier alpha value is -0.320. The molecule has 0 amide bonds. The molecule has 1 aromatic heterocycles. The molecule has 0 aromatic carbocycles. The van der Waals surface area contributed by atoms with Crippen molar-refractivity contribution in [2.45, 2.75) is 50.2 Å². The van der Waals surface area contributed by atoms with E-state index in [1.54, 1.807) is 6.26 Å². The molecule has 3 nitrogen and oxygen atoms in total. The van der Waals surface area contributed by atoms with Gasteiger partial charge >= 0.3 is 0 Å². The van der Waals surface area contributed by atoms with Crippen molar-refractivity contribution in [1.29, 1.82) is 0 Å². The Kier molecular flexibility index (Phi) is 3.52. The topological polar surface area (TPSA) is 36.6 Å². The van der Waals surface area contributed by atoms with Crippen molar-refractivity contribution in [1.82, 2.24) is 4.90 Å². The van der Waals surface area contributed by atoms with Gasteiger partial charge in [-0.25, -0.2) is 0 Å². The van der Waals surface area contributed by atoms with Gasteiger partial charge < -0.3 is 9.52 Å². The number of hydrogen-bond acceptors (Lipinski definition) is 3. The number of furan rings is 1. The summed E-state index contributed by atoms with van der Waals surface area (Å²) < 4.78 is 6.39. The summed E-state index contributed by atoms with van der Waals surface area (Å²) in [5, 5.41) is 10.8. The molecule has 2 aliphatic rings. The van der Waals surface area contributed by atoms with Gasteiger partial charge in [-0.05, 0) is 60.8 Å². The summed E-state index contributed by atoms with van der Waals surface area (Å²) in [6, 6.07) is 1.87. The van der Waals surface area contributed by atoms with Crippen molar-refractivity contribution in [3.63, 3.8) is 0 Å². The second-order valence-corrected chi connectivity index (χ2v) is 6.39. The zero-order valence-corrected chi connectivity index (χ0v) is 12.2. The van der Waals surface area contributed by atoms with E-state index in [9.17, 15) is 5.11 Å².